The molecule has 2 rings (SSSR count). The van der Waals surface area contributed by atoms with Gasteiger partial charge in [0.1, 0.15) is 5.82 Å². The van der Waals surface area contributed by atoms with Gasteiger partial charge in [0.2, 0.25) is 0 Å². The normalized spacial score (nSPS) is 15.3. The maximum atomic E-state index is 12.4. The van der Waals surface area contributed by atoms with Crippen molar-refractivity contribution in [1.82, 2.24) is 4.98 Å². The SMILES string of the molecule is CCOP(=O)(O)C(Nc1ccccn1)c1ccccc1. The van der Waals surface area contributed by atoms with E-state index in [1.54, 1.807) is 43.5 Å². The molecule has 0 bridgehead atoms. The van der Waals surface area contributed by atoms with Gasteiger partial charge in [0, 0.05) is 6.20 Å². The molecule has 2 N–H and O–H groups in total. The van der Waals surface area contributed by atoms with Crippen molar-refractivity contribution in [3.8, 4) is 0 Å². The predicted octanol–water partition coefficient (Wildman–Crippen LogP) is 3.41. The highest BCUT2D eigenvalue weighted by molar-refractivity contribution is 7.53. The summed E-state index contributed by atoms with van der Waals surface area (Å²) >= 11 is 0. The highest BCUT2D eigenvalue weighted by Gasteiger charge is 2.33. The van der Waals surface area contributed by atoms with Gasteiger partial charge in [0.05, 0.1) is 6.61 Å². The van der Waals surface area contributed by atoms with Crippen molar-refractivity contribution in [3.05, 3.63) is 60.3 Å². The first kappa shape index (κ1) is 14.7. The standard InChI is InChI=1S/C14H17N2O3P/c1-2-19-20(17,18)14(12-8-4-3-5-9-12)16-13-10-6-7-11-15-13/h3-11,14H,2H2,1H3,(H,15,16)(H,17,18). The van der Waals surface area contributed by atoms with Gasteiger partial charge < -0.3 is 14.7 Å². The number of pyridine rings is 1. The monoisotopic (exact) mass is 292 g/mol. The van der Waals surface area contributed by atoms with Crippen molar-refractivity contribution >= 4 is 13.4 Å². The van der Waals surface area contributed by atoms with Crippen LogP contribution in [0.5, 0.6) is 0 Å². The minimum Gasteiger partial charge on any atom is -0.353 e. The van der Waals surface area contributed by atoms with Gasteiger partial charge in [0.15, 0.2) is 5.78 Å². The second-order valence-corrected chi connectivity index (χ2v) is 6.06. The lowest BCUT2D eigenvalue weighted by molar-refractivity contribution is 0.267. The molecule has 106 valence electrons. The van der Waals surface area contributed by atoms with Crippen molar-refractivity contribution in [2.24, 2.45) is 0 Å². The van der Waals surface area contributed by atoms with Crippen LogP contribution in [0.4, 0.5) is 5.82 Å². The van der Waals surface area contributed by atoms with E-state index < -0.39 is 13.4 Å². The average molecular weight is 292 g/mol. The van der Waals surface area contributed by atoms with Gasteiger partial charge in [-0.15, -0.1) is 0 Å². The number of nitrogens with zero attached hydrogens (tertiary/aromatic N) is 1. The summed E-state index contributed by atoms with van der Waals surface area (Å²) in [5.41, 5.74) is 0.678. The Balaban J connectivity index is 2.32. The Morgan fingerprint density at radius 2 is 1.95 bits per heavy atom. The van der Waals surface area contributed by atoms with E-state index in [9.17, 15) is 9.46 Å². The van der Waals surface area contributed by atoms with Gasteiger partial charge in [-0.25, -0.2) is 4.98 Å². The molecule has 6 heteroatoms. The van der Waals surface area contributed by atoms with Crippen LogP contribution in [0.25, 0.3) is 0 Å². The van der Waals surface area contributed by atoms with Crippen LogP contribution in [0.15, 0.2) is 54.7 Å². The third-order valence-corrected chi connectivity index (χ3v) is 4.41. The van der Waals surface area contributed by atoms with Crippen molar-refractivity contribution in [3.63, 3.8) is 0 Å². The van der Waals surface area contributed by atoms with Crippen LogP contribution in [0.1, 0.15) is 18.3 Å². The molecule has 20 heavy (non-hydrogen) atoms. The molecule has 0 saturated carbocycles. The highest BCUT2D eigenvalue weighted by Crippen LogP contribution is 2.56. The molecule has 0 spiro atoms. The van der Waals surface area contributed by atoms with E-state index in [-0.39, 0.29) is 6.61 Å². The van der Waals surface area contributed by atoms with Crippen LogP contribution in [0.2, 0.25) is 0 Å². The lowest BCUT2D eigenvalue weighted by atomic mass is 10.2. The van der Waals surface area contributed by atoms with E-state index in [1.165, 1.54) is 0 Å². The number of rotatable bonds is 6. The molecule has 0 aliphatic carbocycles. The van der Waals surface area contributed by atoms with E-state index in [0.29, 0.717) is 11.4 Å². The van der Waals surface area contributed by atoms with E-state index in [1.807, 2.05) is 18.2 Å². The Bertz CT molecular complexity index is 577. The van der Waals surface area contributed by atoms with Crippen molar-refractivity contribution < 1.29 is 14.0 Å². The van der Waals surface area contributed by atoms with Crippen LogP contribution in [0, 0.1) is 0 Å². The Kier molecular flexibility index (Phi) is 4.90. The summed E-state index contributed by atoms with van der Waals surface area (Å²) in [5, 5.41) is 2.97. The zero-order chi connectivity index (χ0) is 14.4. The second kappa shape index (κ2) is 6.66. The van der Waals surface area contributed by atoms with E-state index >= 15 is 0 Å². The molecule has 0 amide bonds. The number of nitrogens with one attached hydrogen (secondary N) is 1. The molecule has 2 aromatic rings. The average Bonchev–Trinajstić information content (AvgIpc) is 2.46. The highest BCUT2D eigenvalue weighted by atomic mass is 31.2. The molecule has 0 fully saturated rings. The number of aromatic nitrogens is 1. The van der Waals surface area contributed by atoms with Gasteiger partial charge in [-0.2, -0.15) is 0 Å². The van der Waals surface area contributed by atoms with Crippen LogP contribution < -0.4 is 5.32 Å². The number of hydrogen-bond donors (Lipinski definition) is 2. The van der Waals surface area contributed by atoms with E-state index in [0.717, 1.165) is 0 Å². The lowest BCUT2D eigenvalue weighted by Gasteiger charge is -2.24. The maximum Gasteiger partial charge on any atom is 0.354 e. The Morgan fingerprint density at radius 1 is 1.25 bits per heavy atom. The summed E-state index contributed by atoms with van der Waals surface area (Å²) in [7, 11) is -3.84. The lowest BCUT2D eigenvalue weighted by Crippen LogP contribution is -2.13. The van der Waals surface area contributed by atoms with Gasteiger partial charge in [-0.1, -0.05) is 36.4 Å². The Labute approximate surface area is 118 Å². The first-order chi connectivity index (χ1) is 9.63. The molecule has 5 nitrogen and oxygen atoms in total. The molecule has 1 heterocycles. The van der Waals surface area contributed by atoms with Crippen LogP contribution in [0.3, 0.4) is 0 Å². The third kappa shape index (κ3) is 3.67. The number of hydrogen-bond acceptors (Lipinski definition) is 4. The quantitative estimate of drug-likeness (QED) is 0.798. The maximum absolute atomic E-state index is 12.4. The molecular weight excluding hydrogens is 275 g/mol. The van der Waals surface area contributed by atoms with Gasteiger partial charge >= 0.3 is 7.60 Å². The molecule has 1 aromatic heterocycles. The van der Waals surface area contributed by atoms with E-state index in [4.69, 9.17) is 4.52 Å². The summed E-state index contributed by atoms with van der Waals surface area (Å²) in [6.45, 7) is 1.85. The fourth-order valence-electron chi connectivity index (χ4n) is 1.84. The number of anilines is 1. The van der Waals surface area contributed by atoms with Crippen molar-refractivity contribution in [2.75, 3.05) is 11.9 Å². The molecule has 2 unspecified atom stereocenters. The van der Waals surface area contributed by atoms with Gasteiger partial charge in [-0.3, -0.25) is 4.57 Å². The van der Waals surface area contributed by atoms with Crippen LogP contribution in [-0.2, 0) is 9.09 Å². The zero-order valence-corrected chi connectivity index (χ0v) is 12.0. The van der Waals surface area contributed by atoms with Gasteiger partial charge in [-0.05, 0) is 24.6 Å². The molecule has 1 aromatic carbocycles. The Morgan fingerprint density at radius 3 is 2.55 bits per heavy atom. The fourth-order valence-corrected chi connectivity index (χ4v) is 3.20. The summed E-state index contributed by atoms with van der Waals surface area (Å²) < 4.78 is 17.4. The smallest absolute Gasteiger partial charge is 0.353 e. The Hall–Kier alpha value is -1.68. The minimum absolute atomic E-state index is 0.168. The summed E-state index contributed by atoms with van der Waals surface area (Å²) in [4.78, 5) is 14.3. The molecule has 0 aliphatic rings. The third-order valence-electron chi connectivity index (χ3n) is 2.71. The molecule has 0 radical (unpaired) electrons. The largest absolute Gasteiger partial charge is 0.354 e. The fraction of sp³-hybridized carbons (Fsp3) is 0.214. The summed E-state index contributed by atoms with van der Waals surface area (Å²) in [6, 6.07) is 14.4. The first-order valence-corrected chi connectivity index (χ1v) is 7.97. The summed E-state index contributed by atoms with van der Waals surface area (Å²) in [5.74, 6) is -0.325. The summed E-state index contributed by atoms with van der Waals surface area (Å²) in [6.07, 6.45) is 1.62. The second-order valence-electron chi connectivity index (χ2n) is 4.15. The van der Waals surface area contributed by atoms with Gasteiger partial charge in [0.25, 0.3) is 0 Å². The molecule has 0 saturated heterocycles. The first-order valence-electron chi connectivity index (χ1n) is 6.33. The molecule has 0 aliphatic heterocycles. The minimum atomic E-state index is -3.84. The van der Waals surface area contributed by atoms with E-state index in [2.05, 4.69) is 10.3 Å². The van der Waals surface area contributed by atoms with Crippen molar-refractivity contribution in [1.29, 1.82) is 0 Å². The topological polar surface area (TPSA) is 71.5 Å². The molecular formula is C14H17N2O3P. The number of benzene rings is 1. The van der Waals surface area contributed by atoms with Crippen LogP contribution in [-0.4, -0.2) is 16.5 Å². The zero-order valence-electron chi connectivity index (χ0n) is 11.1. The predicted molar refractivity (Wildman–Crippen MR) is 78.5 cm³/mol. The van der Waals surface area contributed by atoms with Crippen molar-refractivity contribution in [2.45, 2.75) is 12.7 Å². The molecule has 2 atom stereocenters. The van der Waals surface area contributed by atoms with Crippen LogP contribution >= 0.6 is 7.60 Å².